The van der Waals surface area contributed by atoms with Crippen molar-refractivity contribution in [3.05, 3.63) is 54.1 Å². The summed E-state index contributed by atoms with van der Waals surface area (Å²) >= 11 is 0. The maximum Gasteiger partial charge on any atom is 0.338 e. The predicted molar refractivity (Wildman–Crippen MR) is 163 cm³/mol. The molecule has 0 saturated carbocycles. The topological polar surface area (TPSA) is 53.6 Å². The van der Waals surface area contributed by atoms with E-state index in [1.54, 1.807) is 6.07 Å². The molecule has 0 spiro atoms. The van der Waals surface area contributed by atoms with Crippen LogP contribution >= 0.6 is 0 Å². The fraction of sp³-hybridized carbons (Fsp3) is 0.706. The number of hydrogen-bond acceptors (Lipinski definition) is 4. The summed E-state index contributed by atoms with van der Waals surface area (Å²) < 4.78 is 21.4. The average Bonchev–Trinajstić information content (AvgIpc) is 3.43. The molecule has 1 aromatic carbocycles. The molecule has 6 nitrogen and oxygen atoms in total. The highest BCUT2D eigenvalue weighted by molar-refractivity contribution is 5.89. The summed E-state index contributed by atoms with van der Waals surface area (Å²) in [5.41, 5.74) is 1.62. The maximum absolute atomic E-state index is 12.7. The number of esters is 1. The van der Waals surface area contributed by atoms with Crippen molar-refractivity contribution in [1.82, 2.24) is 4.57 Å². The van der Waals surface area contributed by atoms with Gasteiger partial charge in [-0.15, -0.1) is 0 Å². The fourth-order valence-electron chi connectivity index (χ4n) is 4.97. The third-order valence-corrected chi connectivity index (χ3v) is 7.39. The summed E-state index contributed by atoms with van der Waals surface area (Å²) in [6, 6.07) is 7.64. The van der Waals surface area contributed by atoms with Crippen LogP contribution in [0.3, 0.4) is 0 Å². The Morgan fingerprint density at radius 2 is 1.50 bits per heavy atom. The van der Waals surface area contributed by atoms with Crippen molar-refractivity contribution in [2.24, 2.45) is 0 Å². The Balaban J connectivity index is 1.52. The quantitative estimate of drug-likeness (QED) is 0.0707. The molecule has 1 heterocycles. The van der Waals surface area contributed by atoms with Gasteiger partial charge in [0.1, 0.15) is 31.6 Å². The summed E-state index contributed by atoms with van der Waals surface area (Å²) in [6.45, 7) is 9.93. The Morgan fingerprint density at radius 3 is 2.10 bits per heavy atom. The van der Waals surface area contributed by atoms with Crippen molar-refractivity contribution < 1.29 is 23.6 Å². The zero-order valence-electron chi connectivity index (χ0n) is 25.8. The second kappa shape index (κ2) is 22.5. The van der Waals surface area contributed by atoms with Crippen molar-refractivity contribution in [3.63, 3.8) is 0 Å². The zero-order chi connectivity index (χ0) is 28.7. The molecule has 1 unspecified atom stereocenters. The summed E-state index contributed by atoms with van der Waals surface area (Å²) in [6.07, 6.45) is 24.8. The second-order valence-electron chi connectivity index (χ2n) is 11.0. The largest absolute Gasteiger partial charge is 0.459 e. The number of hydrogen-bond donors (Lipinski definition) is 0. The zero-order valence-corrected chi connectivity index (χ0v) is 25.8. The molecule has 1 atom stereocenters. The van der Waals surface area contributed by atoms with E-state index in [0.29, 0.717) is 25.3 Å². The number of carbonyl (C=O) groups is 1. The van der Waals surface area contributed by atoms with Gasteiger partial charge < -0.3 is 14.2 Å². The van der Waals surface area contributed by atoms with E-state index in [0.717, 1.165) is 25.1 Å². The molecule has 40 heavy (non-hydrogen) atoms. The molecule has 226 valence electrons. The smallest absolute Gasteiger partial charge is 0.338 e. The van der Waals surface area contributed by atoms with Gasteiger partial charge in [-0.3, -0.25) is 0 Å². The van der Waals surface area contributed by atoms with Gasteiger partial charge in [-0.25, -0.2) is 13.9 Å². The SMILES string of the molecule is CCCCCCCCCCCCCCCCOCC(COC(=O)c1cccc(C[n+]2ccn(CC)c2)c1)OCC. The third-order valence-electron chi connectivity index (χ3n) is 7.39. The summed E-state index contributed by atoms with van der Waals surface area (Å²) in [5, 5.41) is 0. The highest BCUT2D eigenvalue weighted by Crippen LogP contribution is 2.13. The lowest BCUT2D eigenvalue weighted by molar-refractivity contribution is -0.687. The van der Waals surface area contributed by atoms with Crippen LogP contribution in [0.4, 0.5) is 0 Å². The number of nitrogens with zero attached hydrogens (tertiary/aromatic N) is 2. The molecular formula is C34H57N2O4+. The minimum absolute atomic E-state index is 0.198. The number of aromatic nitrogens is 2. The van der Waals surface area contributed by atoms with Gasteiger partial charge >= 0.3 is 5.97 Å². The lowest BCUT2D eigenvalue weighted by Gasteiger charge is -2.17. The Hall–Kier alpha value is -2.18. The summed E-state index contributed by atoms with van der Waals surface area (Å²) in [4.78, 5) is 12.7. The first kappa shape index (κ1) is 34.0. The van der Waals surface area contributed by atoms with Crippen LogP contribution in [-0.4, -0.2) is 43.1 Å². The highest BCUT2D eigenvalue weighted by atomic mass is 16.6. The van der Waals surface area contributed by atoms with E-state index >= 15 is 0 Å². The monoisotopic (exact) mass is 557 g/mol. The Bertz CT molecular complexity index is 898. The second-order valence-corrected chi connectivity index (χ2v) is 11.0. The average molecular weight is 558 g/mol. The number of carbonyl (C=O) groups excluding carboxylic acids is 1. The van der Waals surface area contributed by atoms with Crippen LogP contribution in [0, 0.1) is 0 Å². The Morgan fingerprint density at radius 1 is 0.850 bits per heavy atom. The van der Waals surface area contributed by atoms with Gasteiger partial charge in [0.05, 0.1) is 18.7 Å². The molecule has 2 aromatic rings. The summed E-state index contributed by atoms with van der Waals surface area (Å²) in [7, 11) is 0. The number of aryl methyl sites for hydroxylation is 1. The lowest BCUT2D eigenvalue weighted by atomic mass is 10.0. The Kier molecular flexibility index (Phi) is 19.1. The predicted octanol–water partition coefficient (Wildman–Crippen LogP) is 7.90. The van der Waals surface area contributed by atoms with Crippen molar-refractivity contribution >= 4 is 5.97 Å². The van der Waals surface area contributed by atoms with Gasteiger partial charge in [-0.05, 0) is 38.0 Å². The normalized spacial score (nSPS) is 12.1. The van der Waals surface area contributed by atoms with E-state index in [2.05, 4.69) is 29.3 Å². The molecule has 0 aliphatic rings. The van der Waals surface area contributed by atoms with Gasteiger partial charge in [-0.1, -0.05) is 103 Å². The first-order chi connectivity index (χ1) is 19.7. The van der Waals surface area contributed by atoms with E-state index in [9.17, 15) is 4.79 Å². The first-order valence-electron chi connectivity index (χ1n) is 16.2. The van der Waals surface area contributed by atoms with Gasteiger partial charge in [-0.2, -0.15) is 0 Å². The van der Waals surface area contributed by atoms with Crippen LogP contribution in [0.5, 0.6) is 0 Å². The minimum atomic E-state index is -0.324. The highest BCUT2D eigenvalue weighted by Gasteiger charge is 2.15. The number of unbranched alkanes of at least 4 members (excludes halogenated alkanes) is 13. The first-order valence-corrected chi connectivity index (χ1v) is 16.2. The van der Waals surface area contributed by atoms with Crippen LogP contribution in [0.15, 0.2) is 43.0 Å². The molecule has 0 aliphatic heterocycles. The summed E-state index contributed by atoms with van der Waals surface area (Å²) in [5.74, 6) is -0.324. The molecule has 0 radical (unpaired) electrons. The number of imidazole rings is 1. The van der Waals surface area contributed by atoms with Gasteiger partial charge in [0.2, 0.25) is 6.33 Å². The van der Waals surface area contributed by atoms with Crippen LogP contribution < -0.4 is 4.57 Å². The molecule has 1 aromatic heterocycles. The number of rotatable bonds is 25. The minimum Gasteiger partial charge on any atom is -0.459 e. The van der Waals surface area contributed by atoms with Crippen molar-refractivity contribution in [1.29, 1.82) is 0 Å². The van der Waals surface area contributed by atoms with Crippen LogP contribution in [0.2, 0.25) is 0 Å². The molecule has 2 rings (SSSR count). The number of ether oxygens (including phenoxy) is 3. The molecule has 0 bridgehead atoms. The third kappa shape index (κ3) is 15.6. The lowest BCUT2D eigenvalue weighted by Crippen LogP contribution is -2.31. The van der Waals surface area contributed by atoms with Crippen LogP contribution in [-0.2, 0) is 27.3 Å². The van der Waals surface area contributed by atoms with Crippen LogP contribution in [0.1, 0.15) is 127 Å². The molecule has 0 amide bonds. The van der Waals surface area contributed by atoms with Crippen LogP contribution in [0.25, 0.3) is 0 Å². The molecule has 0 fully saturated rings. The molecular weight excluding hydrogens is 500 g/mol. The van der Waals surface area contributed by atoms with Crippen molar-refractivity contribution in [2.75, 3.05) is 26.4 Å². The maximum atomic E-state index is 12.7. The van der Waals surface area contributed by atoms with Gasteiger partial charge in [0, 0.05) is 13.2 Å². The molecule has 0 saturated heterocycles. The van der Waals surface area contributed by atoms with E-state index < -0.39 is 0 Å². The molecule has 6 heteroatoms. The molecule has 0 N–H and O–H groups in total. The van der Waals surface area contributed by atoms with Crippen molar-refractivity contribution in [3.8, 4) is 0 Å². The Labute approximate surface area is 244 Å². The van der Waals surface area contributed by atoms with Crippen molar-refractivity contribution in [2.45, 2.75) is 130 Å². The van der Waals surface area contributed by atoms with E-state index in [4.69, 9.17) is 14.2 Å². The standard InChI is InChI=1S/C34H57N2O4/c1-4-7-8-9-10-11-12-13-14-15-16-17-18-19-25-38-28-33(39-6-3)29-40-34(37)32-22-20-21-31(26-32)27-36-24-23-35(5-2)30-36/h20-24,26,30,33H,4-19,25,27-29H2,1-3H3/q+1. The molecule has 0 aliphatic carbocycles. The van der Waals surface area contributed by atoms with Gasteiger partial charge in [0.25, 0.3) is 0 Å². The van der Waals surface area contributed by atoms with E-state index in [-0.39, 0.29) is 18.7 Å². The van der Waals surface area contributed by atoms with Gasteiger partial charge in [0.15, 0.2) is 0 Å². The van der Waals surface area contributed by atoms with E-state index in [1.807, 2.05) is 37.5 Å². The number of benzene rings is 1. The fourth-order valence-corrected chi connectivity index (χ4v) is 4.97. The van der Waals surface area contributed by atoms with E-state index in [1.165, 1.54) is 83.5 Å².